The molecule has 7 rings (SSSR count). The Bertz CT molecular complexity index is 1750. The van der Waals surface area contributed by atoms with Crippen LogP contribution in [-0.4, -0.2) is 43.0 Å². The van der Waals surface area contributed by atoms with Crippen molar-refractivity contribution < 1.29 is 0 Å². The first-order chi connectivity index (χ1) is 19.2. The normalized spacial score (nSPS) is 14.8. The van der Waals surface area contributed by atoms with Crippen molar-refractivity contribution in [2.24, 2.45) is 0 Å². The third-order valence-electron chi connectivity index (χ3n) is 7.78. The van der Waals surface area contributed by atoms with Gasteiger partial charge in [-0.15, -0.1) is 5.10 Å². The molecule has 0 aliphatic carbocycles. The summed E-state index contributed by atoms with van der Waals surface area (Å²) in [5.74, 6) is 0. The molecule has 0 bridgehead atoms. The predicted molar refractivity (Wildman–Crippen MR) is 156 cm³/mol. The average molecular weight is 511 g/mol. The number of fused-ring (bicyclic) bond motifs is 2. The van der Waals surface area contributed by atoms with Crippen molar-refractivity contribution in [2.75, 3.05) is 13.1 Å². The van der Waals surface area contributed by atoms with Gasteiger partial charge in [-0.25, -0.2) is 14.6 Å². The Morgan fingerprint density at radius 2 is 1.38 bits per heavy atom. The van der Waals surface area contributed by atoms with E-state index in [-0.39, 0.29) is 0 Å². The molecule has 0 amide bonds. The molecule has 1 aliphatic heterocycles. The van der Waals surface area contributed by atoms with Crippen LogP contribution in [0.2, 0.25) is 0 Å². The molecule has 6 nitrogen and oxygen atoms in total. The third kappa shape index (κ3) is 4.68. The predicted octanol–water partition coefficient (Wildman–Crippen LogP) is 6.85. The van der Waals surface area contributed by atoms with Crippen LogP contribution in [0.4, 0.5) is 0 Å². The molecular formula is C33H30N6. The van der Waals surface area contributed by atoms with Gasteiger partial charge in [-0.3, -0.25) is 4.90 Å². The molecule has 1 fully saturated rings. The Hall–Kier alpha value is -4.42. The van der Waals surface area contributed by atoms with Gasteiger partial charge in [0.05, 0.1) is 34.0 Å². The van der Waals surface area contributed by atoms with Gasteiger partial charge < -0.3 is 0 Å². The van der Waals surface area contributed by atoms with E-state index in [2.05, 4.69) is 106 Å². The van der Waals surface area contributed by atoms with Crippen molar-refractivity contribution in [2.45, 2.75) is 32.4 Å². The number of hydrogen-bond acceptors (Lipinski definition) is 5. The van der Waals surface area contributed by atoms with Crippen molar-refractivity contribution in [1.29, 1.82) is 0 Å². The Morgan fingerprint density at radius 1 is 0.692 bits per heavy atom. The molecular weight excluding hydrogens is 480 g/mol. The Balaban J connectivity index is 1.10. The molecule has 6 aromatic rings. The lowest BCUT2D eigenvalue weighted by molar-refractivity contribution is 0.174. The largest absolute Gasteiger partial charge is 0.299 e. The van der Waals surface area contributed by atoms with Crippen LogP contribution < -0.4 is 0 Å². The van der Waals surface area contributed by atoms with E-state index in [1.54, 1.807) is 0 Å². The number of nitrogens with zero attached hydrogens (tertiary/aromatic N) is 6. The number of aromatic nitrogens is 5. The number of aryl methyl sites for hydroxylation is 1. The quantitative estimate of drug-likeness (QED) is 0.254. The zero-order chi connectivity index (χ0) is 26.2. The summed E-state index contributed by atoms with van der Waals surface area (Å²) in [5.41, 5.74) is 10.5. The lowest BCUT2D eigenvalue weighted by Crippen LogP contribution is -2.34. The van der Waals surface area contributed by atoms with Crippen molar-refractivity contribution >= 4 is 22.1 Å². The molecule has 0 N–H and O–H groups in total. The average Bonchev–Trinajstić information content (AvgIpc) is 3.42. The van der Waals surface area contributed by atoms with Crippen molar-refractivity contribution in [3.8, 4) is 22.5 Å². The monoisotopic (exact) mass is 510 g/mol. The van der Waals surface area contributed by atoms with E-state index in [9.17, 15) is 0 Å². The van der Waals surface area contributed by atoms with E-state index < -0.39 is 0 Å². The first kappa shape index (κ1) is 23.7. The summed E-state index contributed by atoms with van der Waals surface area (Å²) < 4.78 is 2.12. The fourth-order valence-corrected chi connectivity index (χ4v) is 5.67. The lowest BCUT2D eigenvalue weighted by atomic mass is 10.0. The second kappa shape index (κ2) is 10.0. The fraction of sp³-hybridized carbons (Fsp3) is 0.212. The van der Waals surface area contributed by atoms with Crippen molar-refractivity contribution in [3.05, 3.63) is 108 Å². The minimum atomic E-state index is 0.405. The highest BCUT2D eigenvalue weighted by atomic mass is 15.4. The molecule has 192 valence electrons. The molecule has 0 saturated carbocycles. The van der Waals surface area contributed by atoms with Gasteiger partial charge in [0.2, 0.25) is 0 Å². The van der Waals surface area contributed by atoms with Gasteiger partial charge in [0.15, 0.2) is 0 Å². The minimum absolute atomic E-state index is 0.405. The molecule has 0 radical (unpaired) electrons. The third-order valence-corrected chi connectivity index (χ3v) is 7.78. The Morgan fingerprint density at radius 3 is 2.18 bits per heavy atom. The van der Waals surface area contributed by atoms with E-state index in [1.807, 2.05) is 18.2 Å². The maximum Gasteiger partial charge on any atom is 0.113 e. The van der Waals surface area contributed by atoms with E-state index in [0.29, 0.717) is 6.04 Å². The van der Waals surface area contributed by atoms with Crippen LogP contribution in [0.1, 0.15) is 30.0 Å². The summed E-state index contributed by atoms with van der Waals surface area (Å²) in [6, 6.07) is 34.1. The van der Waals surface area contributed by atoms with Crippen LogP contribution in [0.5, 0.6) is 0 Å². The highest BCUT2D eigenvalue weighted by molar-refractivity contribution is 5.86. The van der Waals surface area contributed by atoms with Gasteiger partial charge >= 0.3 is 0 Å². The van der Waals surface area contributed by atoms with Crippen LogP contribution in [0.25, 0.3) is 44.6 Å². The van der Waals surface area contributed by atoms with Gasteiger partial charge in [0.1, 0.15) is 5.52 Å². The van der Waals surface area contributed by atoms with Gasteiger partial charge in [-0.05, 0) is 55.2 Å². The molecule has 0 atom stereocenters. The standard InChI is InChI=1S/C33H30N6/c1-23-11-16-28-30(21-23)35-32(25-7-3-2-4-8-25)33(34-28)26-14-12-24(13-15-26)22-38-19-17-27(18-20-38)39-31-10-6-5-9-29(31)36-37-39/h2-16,21,27H,17-20,22H2,1H3. The summed E-state index contributed by atoms with van der Waals surface area (Å²) in [6.45, 7) is 5.14. The molecule has 39 heavy (non-hydrogen) atoms. The van der Waals surface area contributed by atoms with Crippen LogP contribution in [0.3, 0.4) is 0 Å². The smallest absolute Gasteiger partial charge is 0.113 e. The molecule has 2 aromatic heterocycles. The molecule has 6 heteroatoms. The van der Waals surface area contributed by atoms with E-state index in [4.69, 9.17) is 9.97 Å². The number of rotatable bonds is 5. The van der Waals surface area contributed by atoms with Crippen LogP contribution >= 0.6 is 0 Å². The van der Waals surface area contributed by atoms with E-state index >= 15 is 0 Å². The fourth-order valence-electron chi connectivity index (χ4n) is 5.67. The summed E-state index contributed by atoms with van der Waals surface area (Å²) >= 11 is 0. The molecule has 1 aliphatic rings. The molecule has 3 heterocycles. The molecule has 0 unspecified atom stereocenters. The second-order valence-corrected chi connectivity index (χ2v) is 10.5. The summed E-state index contributed by atoms with van der Waals surface area (Å²) in [5, 5.41) is 8.81. The van der Waals surface area contributed by atoms with Crippen LogP contribution in [0, 0.1) is 6.92 Å². The first-order valence-corrected chi connectivity index (χ1v) is 13.7. The molecule has 1 saturated heterocycles. The molecule has 0 spiro atoms. The van der Waals surface area contributed by atoms with Crippen LogP contribution in [-0.2, 0) is 6.54 Å². The zero-order valence-corrected chi connectivity index (χ0v) is 22.0. The van der Waals surface area contributed by atoms with Crippen molar-refractivity contribution in [1.82, 2.24) is 29.9 Å². The second-order valence-electron chi connectivity index (χ2n) is 10.5. The van der Waals surface area contributed by atoms with E-state index in [0.717, 1.165) is 77.1 Å². The van der Waals surface area contributed by atoms with E-state index in [1.165, 1.54) is 11.1 Å². The zero-order valence-electron chi connectivity index (χ0n) is 22.0. The molecule has 4 aromatic carbocycles. The number of piperidine rings is 1. The maximum atomic E-state index is 5.08. The highest BCUT2D eigenvalue weighted by Crippen LogP contribution is 2.32. The minimum Gasteiger partial charge on any atom is -0.299 e. The summed E-state index contributed by atoms with van der Waals surface area (Å²) in [6.07, 6.45) is 2.16. The van der Waals surface area contributed by atoms with Gasteiger partial charge in [-0.2, -0.15) is 0 Å². The van der Waals surface area contributed by atoms with Gasteiger partial charge in [0, 0.05) is 30.8 Å². The number of likely N-dealkylation sites (tertiary alicyclic amines) is 1. The van der Waals surface area contributed by atoms with Gasteiger partial charge in [0.25, 0.3) is 0 Å². The summed E-state index contributed by atoms with van der Waals surface area (Å²) in [4.78, 5) is 12.7. The Labute approximate surface area is 228 Å². The van der Waals surface area contributed by atoms with Crippen LogP contribution in [0.15, 0.2) is 97.1 Å². The summed E-state index contributed by atoms with van der Waals surface area (Å²) in [7, 11) is 0. The van der Waals surface area contributed by atoms with Crippen molar-refractivity contribution in [3.63, 3.8) is 0 Å². The number of para-hydroxylation sites is 1. The number of benzene rings is 4. The SMILES string of the molecule is Cc1ccc2nc(-c3ccc(CN4CCC(n5nnc6ccccc65)CC4)cc3)c(-c3ccccc3)nc2c1. The number of hydrogen-bond donors (Lipinski definition) is 0. The Kier molecular flexibility index (Phi) is 6.10. The maximum absolute atomic E-state index is 5.08. The lowest BCUT2D eigenvalue weighted by Gasteiger charge is -2.32. The first-order valence-electron chi connectivity index (χ1n) is 13.7. The topological polar surface area (TPSA) is 59.7 Å². The highest BCUT2D eigenvalue weighted by Gasteiger charge is 2.23. The van der Waals surface area contributed by atoms with Gasteiger partial charge in [-0.1, -0.05) is 78.0 Å².